The second-order valence-electron chi connectivity index (χ2n) is 3.42. The van der Waals surface area contributed by atoms with Crippen LogP contribution >= 0.6 is 22.9 Å². The Hall–Kier alpha value is -1.59. The summed E-state index contributed by atoms with van der Waals surface area (Å²) in [6, 6.07) is 3.46. The number of pyridine rings is 1. The van der Waals surface area contributed by atoms with E-state index in [0.717, 1.165) is 5.56 Å². The topological polar surface area (TPSA) is 68.0 Å². The van der Waals surface area contributed by atoms with Crippen molar-refractivity contribution in [3.05, 3.63) is 45.4 Å². The molecule has 0 saturated heterocycles. The van der Waals surface area contributed by atoms with E-state index in [9.17, 15) is 4.79 Å². The summed E-state index contributed by atoms with van der Waals surface area (Å²) >= 11 is 7.41. The summed E-state index contributed by atoms with van der Waals surface area (Å²) in [7, 11) is 0. The smallest absolute Gasteiger partial charge is 0.254 e. The zero-order valence-electron chi connectivity index (χ0n) is 8.81. The van der Waals surface area contributed by atoms with Crippen molar-refractivity contribution in [2.75, 3.05) is 5.73 Å². The first-order chi connectivity index (χ1) is 8.16. The summed E-state index contributed by atoms with van der Waals surface area (Å²) < 4.78 is 0. The SMILES string of the molecule is Nc1cnc(Cl)c(C(=O)NCc2ccsc2)c1. The number of hydrogen-bond acceptors (Lipinski definition) is 4. The van der Waals surface area contributed by atoms with Crippen LogP contribution in [-0.4, -0.2) is 10.9 Å². The lowest BCUT2D eigenvalue weighted by molar-refractivity contribution is 0.0951. The van der Waals surface area contributed by atoms with Gasteiger partial charge in [-0.05, 0) is 28.5 Å². The molecule has 0 aliphatic rings. The molecule has 0 saturated carbocycles. The first-order valence-electron chi connectivity index (χ1n) is 4.87. The Morgan fingerprint density at radius 1 is 1.59 bits per heavy atom. The Balaban J connectivity index is 2.07. The molecule has 88 valence electrons. The number of halogens is 1. The van der Waals surface area contributed by atoms with E-state index in [2.05, 4.69) is 10.3 Å². The fourth-order valence-electron chi connectivity index (χ4n) is 1.29. The quantitative estimate of drug-likeness (QED) is 0.839. The van der Waals surface area contributed by atoms with E-state index in [4.69, 9.17) is 17.3 Å². The van der Waals surface area contributed by atoms with Crippen LogP contribution in [-0.2, 0) is 6.54 Å². The molecule has 0 aromatic carbocycles. The fraction of sp³-hybridized carbons (Fsp3) is 0.0909. The monoisotopic (exact) mass is 267 g/mol. The van der Waals surface area contributed by atoms with Crippen molar-refractivity contribution in [3.63, 3.8) is 0 Å². The average Bonchev–Trinajstić information content (AvgIpc) is 2.82. The summed E-state index contributed by atoms with van der Waals surface area (Å²) in [6.07, 6.45) is 1.41. The Labute approximate surface area is 107 Å². The van der Waals surface area contributed by atoms with Gasteiger partial charge in [-0.3, -0.25) is 4.79 Å². The number of nitrogens with one attached hydrogen (secondary N) is 1. The first-order valence-corrected chi connectivity index (χ1v) is 6.19. The highest BCUT2D eigenvalue weighted by atomic mass is 35.5. The number of nitrogens with two attached hydrogens (primary N) is 1. The molecule has 0 atom stereocenters. The lowest BCUT2D eigenvalue weighted by Crippen LogP contribution is -2.23. The van der Waals surface area contributed by atoms with Crippen LogP contribution in [0.2, 0.25) is 5.15 Å². The molecule has 1 amide bonds. The Bertz CT molecular complexity index is 528. The van der Waals surface area contributed by atoms with Crippen molar-refractivity contribution in [1.29, 1.82) is 0 Å². The number of amides is 1. The molecule has 4 nitrogen and oxygen atoms in total. The Morgan fingerprint density at radius 2 is 2.41 bits per heavy atom. The summed E-state index contributed by atoms with van der Waals surface area (Å²) in [5.74, 6) is -0.277. The van der Waals surface area contributed by atoms with Crippen LogP contribution < -0.4 is 11.1 Å². The molecule has 0 aliphatic heterocycles. The van der Waals surface area contributed by atoms with Crippen molar-refractivity contribution in [1.82, 2.24) is 10.3 Å². The Kier molecular flexibility index (Phi) is 3.61. The molecule has 2 aromatic heterocycles. The van der Waals surface area contributed by atoms with Gasteiger partial charge in [0, 0.05) is 6.54 Å². The highest BCUT2D eigenvalue weighted by Gasteiger charge is 2.11. The maximum absolute atomic E-state index is 11.8. The van der Waals surface area contributed by atoms with E-state index in [1.807, 2.05) is 16.8 Å². The van der Waals surface area contributed by atoms with E-state index in [1.54, 1.807) is 11.3 Å². The van der Waals surface area contributed by atoms with E-state index >= 15 is 0 Å². The van der Waals surface area contributed by atoms with E-state index in [0.29, 0.717) is 17.8 Å². The van der Waals surface area contributed by atoms with Crippen molar-refractivity contribution in [3.8, 4) is 0 Å². The lowest BCUT2D eigenvalue weighted by Gasteiger charge is -2.05. The maximum Gasteiger partial charge on any atom is 0.254 e. The molecule has 2 heterocycles. The molecule has 0 bridgehead atoms. The molecule has 17 heavy (non-hydrogen) atoms. The zero-order chi connectivity index (χ0) is 12.3. The van der Waals surface area contributed by atoms with E-state index < -0.39 is 0 Å². The highest BCUT2D eigenvalue weighted by Crippen LogP contribution is 2.15. The van der Waals surface area contributed by atoms with Gasteiger partial charge >= 0.3 is 0 Å². The molecule has 0 fully saturated rings. The van der Waals surface area contributed by atoms with Gasteiger partial charge in [0.1, 0.15) is 5.15 Å². The molecule has 3 N–H and O–H groups in total. The number of rotatable bonds is 3. The molecule has 6 heteroatoms. The normalized spacial score (nSPS) is 10.2. The molecule has 2 rings (SSSR count). The van der Waals surface area contributed by atoms with Gasteiger partial charge in [0.05, 0.1) is 17.4 Å². The van der Waals surface area contributed by atoms with Crippen LogP contribution in [0.4, 0.5) is 5.69 Å². The third kappa shape index (κ3) is 2.95. The minimum Gasteiger partial charge on any atom is -0.397 e. The van der Waals surface area contributed by atoms with Gasteiger partial charge in [-0.1, -0.05) is 11.6 Å². The summed E-state index contributed by atoms with van der Waals surface area (Å²) in [5.41, 5.74) is 7.31. The van der Waals surface area contributed by atoms with Crippen LogP contribution in [0.15, 0.2) is 29.1 Å². The van der Waals surface area contributed by atoms with Gasteiger partial charge in [-0.15, -0.1) is 0 Å². The van der Waals surface area contributed by atoms with E-state index in [-0.39, 0.29) is 11.1 Å². The lowest BCUT2D eigenvalue weighted by atomic mass is 10.2. The summed E-state index contributed by atoms with van der Waals surface area (Å²) in [4.78, 5) is 15.7. The third-order valence-electron chi connectivity index (χ3n) is 2.14. The molecule has 0 spiro atoms. The number of thiophene rings is 1. The Morgan fingerprint density at radius 3 is 3.12 bits per heavy atom. The molecular weight excluding hydrogens is 258 g/mol. The molecule has 0 radical (unpaired) electrons. The fourth-order valence-corrected chi connectivity index (χ4v) is 2.15. The largest absolute Gasteiger partial charge is 0.397 e. The second kappa shape index (κ2) is 5.16. The number of anilines is 1. The van der Waals surface area contributed by atoms with Crippen LogP contribution in [0, 0.1) is 0 Å². The standard InChI is InChI=1S/C11H10ClN3OS/c12-10-9(3-8(13)5-14-10)11(16)15-4-7-1-2-17-6-7/h1-3,5-6H,4,13H2,(H,15,16). The van der Waals surface area contributed by atoms with Gasteiger partial charge in [0.2, 0.25) is 0 Å². The number of nitrogens with zero attached hydrogens (tertiary/aromatic N) is 1. The number of hydrogen-bond donors (Lipinski definition) is 2. The number of aromatic nitrogens is 1. The summed E-state index contributed by atoms with van der Waals surface area (Å²) in [5, 5.41) is 6.84. The van der Waals surface area contributed by atoms with Gasteiger partial charge in [-0.2, -0.15) is 11.3 Å². The van der Waals surface area contributed by atoms with Crippen molar-refractivity contribution >= 4 is 34.5 Å². The van der Waals surface area contributed by atoms with Gasteiger partial charge in [0.25, 0.3) is 5.91 Å². The summed E-state index contributed by atoms with van der Waals surface area (Å²) in [6.45, 7) is 0.466. The van der Waals surface area contributed by atoms with Gasteiger partial charge in [-0.25, -0.2) is 4.98 Å². The van der Waals surface area contributed by atoms with Crippen LogP contribution in [0.3, 0.4) is 0 Å². The predicted octanol–water partition coefficient (Wildman–Crippen LogP) is 2.31. The van der Waals surface area contributed by atoms with E-state index in [1.165, 1.54) is 12.3 Å². The third-order valence-corrected chi connectivity index (χ3v) is 3.17. The molecule has 0 aliphatic carbocycles. The molecular formula is C11H10ClN3OS. The zero-order valence-corrected chi connectivity index (χ0v) is 10.4. The van der Waals surface area contributed by atoms with Crippen molar-refractivity contribution < 1.29 is 4.79 Å². The van der Waals surface area contributed by atoms with Crippen LogP contribution in [0.25, 0.3) is 0 Å². The highest BCUT2D eigenvalue weighted by molar-refractivity contribution is 7.07. The van der Waals surface area contributed by atoms with Crippen molar-refractivity contribution in [2.24, 2.45) is 0 Å². The van der Waals surface area contributed by atoms with Gasteiger partial charge in [0.15, 0.2) is 0 Å². The number of nitrogen functional groups attached to an aromatic ring is 1. The van der Waals surface area contributed by atoms with Crippen molar-refractivity contribution in [2.45, 2.75) is 6.54 Å². The first kappa shape index (κ1) is 11.9. The predicted molar refractivity (Wildman–Crippen MR) is 69.1 cm³/mol. The number of carbonyl (C=O) groups is 1. The maximum atomic E-state index is 11.8. The number of carbonyl (C=O) groups excluding carboxylic acids is 1. The minimum atomic E-state index is -0.277. The average molecular weight is 268 g/mol. The molecule has 2 aromatic rings. The minimum absolute atomic E-state index is 0.155. The molecule has 0 unspecified atom stereocenters. The second-order valence-corrected chi connectivity index (χ2v) is 4.56. The van der Waals surface area contributed by atoms with Crippen LogP contribution in [0.1, 0.15) is 15.9 Å². The van der Waals surface area contributed by atoms with Gasteiger partial charge < -0.3 is 11.1 Å². The van der Waals surface area contributed by atoms with Crippen LogP contribution in [0.5, 0.6) is 0 Å².